The van der Waals surface area contributed by atoms with Gasteiger partial charge in [0.05, 0.1) is 32.8 Å². The number of aliphatic hydroxyl groups excluding tert-OH is 1. The van der Waals surface area contributed by atoms with Crippen LogP contribution in [0.1, 0.15) is 51.0 Å². The Balaban J connectivity index is 0.00000242. The van der Waals surface area contributed by atoms with E-state index in [1.165, 1.54) is 37.9 Å². The van der Waals surface area contributed by atoms with E-state index in [1.807, 2.05) is 6.07 Å². The molecule has 1 saturated heterocycles. The molecule has 1 aliphatic rings. The lowest BCUT2D eigenvalue weighted by Crippen LogP contribution is -3.00. The van der Waals surface area contributed by atoms with Crippen LogP contribution in [0.15, 0.2) is 30.3 Å². The third-order valence-corrected chi connectivity index (χ3v) is 5.18. The van der Waals surface area contributed by atoms with E-state index in [2.05, 4.69) is 45.2 Å². The molecular formula is C19H32BrNO. The van der Waals surface area contributed by atoms with E-state index < -0.39 is 0 Å². The Labute approximate surface area is 146 Å². The van der Waals surface area contributed by atoms with Crippen molar-refractivity contribution in [3.05, 3.63) is 35.9 Å². The van der Waals surface area contributed by atoms with Gasteiger partial charge in [0.2, 0.25) is 0 Å². The Morgan fingerprint density at radius 2 is 1.64 bits per heavy atom. The minimum absolute atomic E-state index is 0. The highest BCUT2D eigenvalue weighted by Gasteiger charge is 2.29. The molecule has 1 aliphatic heterocycles. The second kappa shape index (κ2) is 9.05. The molecule has 0 amide bonds. The van der Waals surface area contributed by atoms with Crippen LogP contribution in [0.4, 0.5) is 0 Å². The standard InChI is InChI=1S/C19H32NO.BrH/c1-16(2)19(17-10-6-4-7-11-17)18(21)12-15-20(3)13-8-5-9-14-20;/h4,6-7,10-11,16,18-19,21H,5,8-9,12-15H2,1-3H3;1H/q+1;/p-1. The fourth-order valence-corrected chi connectivity index (χ4v) is 3.85. The predicted molar refractivity (Wildman–Crippen MR) is 89.3 cm³/mol. The largest absolute Gasteiger partial charge is 1.00 e. The van der Waals surface area contributed by atoms with Crippen LogP contribution in [0.5, 0.6) is 0 Å². The highest BCUT2D eigenvalue weighted by Crippen LogP contribution is 2.30. The van der Waals surface area contributed by atoms with E-state index in [9.17, 15) is 5.11 Å². The molecule has 0 saturated carbocycles. The number of likely N-dealkylation sites (tertiary alicyclic amines) is 1. The van der Waals surface area contributed by atoms with Gasteiger partial charge in [-0.05, 0) is 30.7 Å². The summed E-state index contributed by atoms with van der Waals surface area (Å²) in [7, 11) is 2.36. The number of aliphatic hydroxyl groups is 1. The van der Waals surface area contributed by atoms with Crippen LogP contribution in [0, 0.1) is 5.92 Å². The van der Waals surface area contributed by atoms with Gasteiger partial charge < -0.3 is 26.6 Å². The molecule has 2 nitrogen and oxygen atoms in total. The summed E-state index contributed by atoms with van der Waals surface area (Å²) in [4.78, 5) is 0. The minimum Gasteiger partial charge on any atom is -1.00 e. The predicted octanol–water partition coefficient (Wildman–Crippen LogP) is 0.812. The van der Waals surface area contributed by atoms with E-state index in [4.69, 9.17) is 0 Å². The number of piperidine rings is 1. The van der Waals surface area contributed by atoms with Crippen molar-refractivity contribution in [3.63, 3.8) is 0 Å². The quantitative estimate of drug-likeness (QED) is 0.735. The average Bonchev–Trinajstić information content (AvgIpc) is 2.47. The molecule has 0 aliphatic carbocycles. The summed E-state index contributed by atoms with van der Waals surface area (Å²) in [6.45, 7) is 8.11. The molecule has 1 N–H and O–H groups in total. The van der Waals surface area contributed by atoms with E-state index in [-0.39, 0.29) is 29.0 Å². The van der Waals surface area contributed by atoms with Crippen LogP contribution in [0.2, 0.25) is 0 Å². The van der Waals surface area contributed by atoms with Gasteiger partial charge in [-0.2, -0.15) is 0 Å². The van der Waals surface area contributed by atoms with Crippen LogP contribution in [0.3, 0.4) is 0 Å². The number of quaternary nitrogens is 1. The zero-order valence-corrected chi connectivity index (χ0v) is 15.9. The third kappa shape index (κ3) is 5.36. The summed E-state index contributed by atoms with van der Waals surface area (Å²) in [5.41, 5.74) is 1.28. The summed E-state index contributed by atoms with van der Waals surface area (Å²) in [5, 5.41) is 10.8. The SMILES string of the molecule is CC(C)C(c1ccccc1)C(O)CC[N+]1(C)CCCCC1.[Br-]. The first-order valence-corrected chi connectivity index (χ1v) is 8.58. The van der Waals surface area contributed by atoms with Gasteiger partial charge in [0.1, 0.15) is 0 Å². The van der Waals surface area contributed by atoms with Crippen LogP contribution in [-0.4, -0.2) is 42.4 Å². The van der Waals surface area contributed by atoms with Crippen molar-refractivity contribution in [1.82, 2.24) is 0 Å². The van der Waals surface area contributed by atoms with Crippen molar-refractivity contribution in [2.75, 3.05) is 26.7 Å². The minimum atomic E-state index is -0.232. The van der Waals surface area contributed by atoms with Crippen molar-refractivity contribution in [3.8, 4) is 0 Å². The molecule has 2 rings (SSSR count). The topological polar surface area (TPSA) is 20.2 Å². The van der Waals surface area contributed by atoms with Crippen molar-refractivity contribution in [1.29, 1.82) is 0 Å². The van der Waals surface area contributed by atoms with Gasteiger partial charge in [-0.1, -0.05) is 44.2 Å². The van der Waals surface area contributed by atoms with E-state index in [1.54, 1.807) is 0 Å². The molecule has 1 fully saturated rings. The Morgan fingerprint density at radius 3 is 2.18 bits per heavy atom. The number of benzene rings is 1. The Bertz CT molecular complexity index is 415. The van der Waals surface area contributed by atoms with Crippen molar-refractivity contribution in [2.45, 2.75) is 51.6 Å². The van der Waals surface area contributed by atoms with Crippen LogP contribution < -0.4 is 17.0 Å². The summed E-state index contributed by atoms with van der Waals surface area (Å²) in [6.07, 6.45) is 4.75. The molecule has 22 heavy (non-hydrogen) atoms. The first kappa shape index (κ1) is 19.7. The summed E-state index contributed by atoms with van der Waals surface area (Å²) >= 11 is 0. The maximum atomic E-state index is 10.8. The van der Waals surface area contributed by atoms with Gasteiger partial charge in [-0.25, -0.2) is 0 Å². The lowest BCUT2D eigenvalue weighted by Gasteiger charge is -2.39. The van der Waals surface area contributed by atoms with Gasteiger partial charge >= 0.3 is 0 Å². The van der Waals surface area contributed by atoms with E-state index >= 15 is 0 Å². The number of nitrogens with zero attached hydrogens (tertiary/aromatic N) is 1. The molecule has 2 atom stereocenters. The molecule has 0 radical (unpaired) electrons. The third-order valence-electron chi connectivity index (χ3n) is 5.18. The van der Waals surface area contributed by atoms with Gasteiger partial charge in [-0.3, -0.25) is 0 Å². The molecule has 0 bridgehead atoms. The summed E-state index contributed by atoms with van der Waals surface area (Å²) in [5.74, 6) is 0.719. The van der Waals surface area contributed by atoms with Crippen LogP contribution in [-0.2, 0) is 0 Å². The maximum absolute atomic E-state index is 10.8. The number of halogens is 1. The first-order chi connectivity index (χ1) is 10.0. The van der Waals surface area contributed by atoms with Gasteiger partial charge in [0.15, 0.2) is 0 Å². The Kier molecular flexibility index (Phi) is 8.09. The second-order valence-corrected chi connectivity index (χ2v) is 7.39. The monoisotopic (exact) mass is 369 g/mol. The lowest BCUT2D eigenvalue weighted by molar-refractivity contribution is -0.914. The number of hydrogen-bond donors (Lipinski definition) is 1. The highest BCUT2D eigenvalue weighted by atomic mass is 79.9. The van der Waals surface area contributed by atoms with E-state index in [0.717, 1.165) is 17.4 Å². The smallest absolute Gasteiger partial charge is 0.0809 e. The fourth-order valence-electron chi connectivity index (χ4n) is 3.85. The van der Waals surface area contributed by atoms with Gasteiger partial charge in [0, 0.05) is 12.3 Å². The average molecular weight is 370 g/mol. The number of hydrogen-bond acceptors (Lipinski definition) is 1. The zero-order chi connectivity index (χ0) is 15.3. The second-order valence-electron chi connectivity index (χ2n) is 7.39. The highest BCUT2D eigenvalue weighted by molar-refractivity contribution is 5.21. The first-order valence-electron chi connectivity index (χ1n) is 8.58. The molecule has 1 aromatic rings. The molecule has 0 spiro atoms. The number of rotatable bonds is 6. The van der Waals surface area contributed by atoms with E-state index in [0.29, 0.717) is 5.92 Å². The van der Waals surface area contributed by atoms with Crippen LogP contribution >= 0.6 is 0 Å². The maximum Gasteiger partial charge on any atom is 0.0809 e. The molecule has 1 heterocycles. The molecule has 126 valence electrons. The van der Waals surface area contributed by atoms with Crippen molar-refractivity contribution >= 4 is 0 Å². The van der Waals surface area contributed by atoms with Crippen molar-refractivity contribution < 1.29 is 26.6 Å². The lowest BCUT2D eigenvalue weighted by atomic mass is 9.82. The van der Waals surface area contributed by atoms with Gasteiger partial charge in [-0.15, -0.1) is 0 Å². The zero-order valence-electron chi connectivity index (χ0n) is 14.3. The summed E-state index contributed by atoms with van der Waals surface area (Å²) < 4.78 is 1.15. The molecule has 3 heteroatoms. The molecular weight excluding hydrogens is 338 g/mol. The van der Waals surface area contributed by atoms with Crippen molar-refractivity contribution in [2.24, 2.45) is 5.92 Å². The molecule has 1 aromatic carbocycles. The Hall–Kier alpha value is -0.380. The normalized spacial score (nSPS) is 20.2. The Morgan fingerprint density at radius 1 is 1.05 bits per heavy atom. The summed E-state index contributed by atoms with van der Waals surface area (Å²) in [6, 6.07) is 10.5. The molecule has 2 unspecified atom stereocenters. The van der Waals surface area contributed by atoms with Gasteiger partial charge in [0.25, 0.3) is 0 Å². The van der Waals surface area contributed by atoms with Crippen LogP contribution in [0.25, 0.3) is 0 Å². The molecule has 0 aromatic heterocycles. The fraction of sp³-hybridized carbons (Fsp3) is 0.684.